The van der Waals surface area contributed by atoms with Crippen LogP contribution < -0.4 is 4.90 Å². The third-order valence-corrected chi connectivity index (χ3v) is 6.30. The van der Waals surface area contributed by atoms with Crippen molar-refractivity contribution in [2.24, 2.45) is 0 Å². The van der Waals surface area contributed by atoms with E-state index in [0.29, 0.717) is 18.0 Å². The van der Waals surface area contributed by atoms with Crippen molar-refractivity contribution in [1.29, 1.82) is 0 Å². The Morgan fingerprint density at radius 1 is 1.00 bits per heavy atom. The Morgan fingerprint density at radius 2 is 1.70 bits per heavy atom. The van der Waals surface area contributed by atoms with Crippen LogP contribution in [0.25, 0.3) is 0 Å². The van der Waals surface area contributed by atoms with Crippen LogP contribution in [-0.2, 0) is 16.6 Å². The molecule has 1 fully saturated rings. The number of nitrogens with one attached hydrogen (secondary N) is 1. The Hall–Kier alpha value is -1.40. The standard InChI is InChI=1S/C17H19ClN2O2S/c18-16-6-4-5-15(13-16)14-19-9-11-20(12-10-19)23(21,22)17-7-2-1-3-8-17/h1-8,13H,9-12,14H2/p+1. The first-order chi connectivity index (χ1) is 11.1. The summed E-state index contributed by atoms with van der Waals surface area (Å²) in [5.41, 5.74) is 1.19. The van der Waals surface area contributed by atoms with E-state index in [9.17, 15) is 8.42 Å². The predicted molar refractivity (Wildman–Crippen MR) is 91.1 cm³/mol. The summed E-state index contributed by atoms with van der Waals surface area (Å²) in [5.74, 6) is 0. The smallest absolute Gasteiger partial charge is 0.243 e. The molecule has 6 heteroatoms. The maximum absolute atomic E-state index is 12.6. The van der Waals surface area contributed by atoms with E-state index < -0.39 is 10.0 Å². The number of piperazine rings is 1. The van der Waals surface area contributed by atoms with Gasteiger partial charge in [0.05, 0.1) is 31.1 Å². The van der Waals surface area contributed by atoms with Gasteiger partial charge in [-0.1, -0.05) is 41.9 Å². The lowest BCUT2D eigenvalue weighted by Gasteiger charge is -2.31. The van der Waals surface area contributed by atoms with E-state index in [1.165, 1.54) is 10.5 Å². The number of benzene rings is 2. The van der Waals surface area contributed by atoms with E-state index >= 15 is 0 Å². The summed E-state index contributed by atoms with van der Waals surface area (Å²) >= 11 is 6.02. The second-order valence-electron chi connectivity index (χ2n) is 5.77. The lowest BCUT2D eigenvalue weighted by atomic mass is 10.2. The molecule has 0 unspecified atom stereocenters. The zero-order valence-corrected chi connectivity index (χ0v) is 14.4. The number of halogens is 1. The zero-order chi connectivity index (χ0) is 16.3. The highest BCUT2D eigenvalue weighted by atomic mass is 35.5. The molecule has 4 nitrogen and oxygen atoms in total. The lowest BCUT2D eigenvalue weighted by Crippen LogP contribution is -3.13. The van der Waals surface area contributed by atoms with Gasteiger partial charge in [0.2, 0.25) is 10.0 Å². The van der Waals surface area contributed by atoms with Gasteiger partial charge in [-0.15, -0.1) is 0 Å². The van der Waals surface area contributed by atoms with Gasteiger partial charge in [-0.25, -0.2) is 8.42 Å². The molecule has 2 aromatic rings. The van der Waals surface area contributed by atoms with Crippen molar-refractivity contribution in [3.8, 4) is 0 Å². The summed E-state index contributed by atoms with van der Waals surface area (Å²) in [4.78, 5) is 1.75. The van der Waals surface area contributed by atoms with Crippen LogP contribution in [0.4, 0.5) is 0 Å². The minimum atomic E-state index is -3.37. The van der Waals surface area contributed by atoms with Crippen LogP contribution in [0.2, 0.25) is 5.02 Å². The Labute approximate surface area is 142 Å². The minimum Gasteiger partial charge on any atom is -0.329 e. The van der Waals surface area contributed by atoms with Gasteiger partial charge < -0.3 is 4.90 Å². The van der Waals surface area contributed by atoms with Gasteiger partial charge in [0.25, 0.3) is 0 Å². The Bertz CT molecular complexity index is 757. The summed E-state index contributed by atoms with van der Waals surface area (Å²) in [6, 6.07) is 16.5. The number of hydrogen-bond acceptors (Lipinski definition) is 2. The molecule has 0 radical (unpaired) electrons. The molecule has 1 saturated heterocycles. The first-order valence-electron chi connectivity index (χ1n) is 7.69. The van der Waals surface area contributed by atoms with Crippen molar-refractivity contribution in [1.82, 2.24) is 4.31 Å². The van der Waals surface area contributed by atoms with Crippen LogP contribution in [0.3, 0.4) is 0 Å². The van der Waals surface area contributed by atoms with Gasteiger partial charge in [-0.2, -0.15) is 4.31 Å². The molecule has 0 bridgehead atoms. The fourth-order valence-corrected chi connectivity index (χ4v) is 4.57. The summed E-state index contributed by atoms with van der Waals surface area (Å²) < 4.78 is 26.8. The van der Waals surface area contributed by atoms with Gasteiger partial charge in [-0.05, 0) is 24.3 Å². The van der Waals surface area contributed by atoms with E-state index in [1.54, 1.807) is 28.6 Å². The van der Waals surface area contributed by atoms with E-state index in [-0.39, 0.29) is 0 Å². The van der Waals surface area contributed by atoms with E-state index in [4.69, 9.17) is 11.6 Å². The highest BCUT2D eigenvalue weighted by molar-refractivity contribution is 7.89. The topological polar surface area (TPSA) is 41.8 Å². The lowest BCUT2D eigenvalue weighted by molar-refractivity contribution is -0.917. The molecule has 0 aromatic heterocycles. The van der Waals surface area contributed by atoms with Crippen molar-refractivity contribution >= 4 is 21.6 Å². The summed E-state index contributed by atoms with van der Waals surface area (Å²) in [6.07, 6.45) is 0. The molecule has 0 atom stereocenters. The van der Waals surface area contributed by atoms with Crippen LogP contribution in [0.1, 0.15) is 5.56 Å². The predicted octanol–water partition coefficient (Wildman–Crippen LogP) is 1.43. The van der Waals surface area contributed by atoms with E-state index in [0.717, 1.165) is 24.7 Å². The Kier molecular flexibility index (Phi) is 5.02. The van der Waals surface area contributed by atoms with Crippen molar-refractivity contribution in [3.05, 3.63) is 65.2 Å². The molecule has 0 aliphatic carbocycles. The molecule has 2 aromatic carbocycles. The van der Waals surface area contributed by atoms with E-state index in [2.05, 4.69) is 6.07 Å². The third-order valence-electron chi connectivity index (χ3n) is 4.15. The van der Waals surface area contributed by atoms with Crippen molar-refractivity contribution < 1.29 is 13.3 Å². The number of sulfonamides is 1. The molecule has 0 amide bonds. The molecular weight excluding hydrogens is 332 g/mol. The van der Waals surface area contributed by atoms with Crippen molar-refractivity contribution in [3.63, 3.8) is 0 Å². The third kappa shape index (κ3) is 3.93. The Morgan fingerprint density at radius 3 is 2.35 bits per heavy atom. The molecule has 1 heterocycles. The maximum atomic E-state index is 12.6. The van der Waals surface area contributed by atoms with Crippen LogP contribution in [0.5, 0.6) is 0 Å². The first kappa shape index (κ1) is 16.5. The minimum absolute atomic E-state index is 0.373. The SMILES string of the molecule is O=S(=O)(c1ccccc1)N1CC[NH+](Cc2cccc(Cl)c2)CC1. The number of quaternary nitrogens is 1. The highest BCUT2D eigenvalue weighted by Gasteiger charge is 2.30. The largest absolute Gasteiger partial charge is 0.329 e. The van der Waals surface area contributed by atoms with Crippen LogP contribution in [0.15, 0.2) is 59.5 Å². The van der Waals surface area contributed by atoms with Crippen LogP contribution in [-0.4, -0.2) is 38.9 Å². The van der Waals surface area contributed by atoms with E-state index in [1.807, 2.05) is 24.3 Å². The van der Waals surface area contributed by atoms with Crippen LogP contribution in [0, 0.1) is 0 Å². The molecule has 23 heavy (non-hydrogen) atoms. The number of nitrogens with zero attached hydrogens (tertiary/aromatic N) is 1. The summed E-state index contributed by atoms with van der Waals surface area (Å²) in [6.45, 7) is 3.58. The molecule has 1 N–H and O–H groups in total. The summed E-state index contributed by atoms with van der Waals surface area (Å²) in [5, 5.41) is 0.743. The van der Waals surface area contributed by atoms with Gasteiger partial charge in [0.15, 0.2) is 0 Å². The molecule has 0 spiro atoms. The molecule has 122 valence electrons. The second kappa shape index (κ2) is 7.01. The second-order valence-corrected chi connectivity index (χ2v) is 8.15. The fraction of sp³-hybridized carbons (Fsp3) is 0.294. The fourth-order valence-electron chi connectivity index (χ4n) is 2.90. The molecule has 3 rings (SSSR count). The van der Waals surface area contributed by atoms with Gasteiger partial charge >= 0.3 is 0 Å². The van der Waals surface area contributed by atoms with Crippen molar-refractivity contribution in [2.45, 2.75) is 11.4 Å². The van der Waals surface area contributed by atoms with Crippen molar-refractivity contribution in [2.75, 3.05) is 26.2 Å². The molecule has 1 aliphatic heterocycles. The van der Waals surface area contributed by atoms with Gasteiger partial charge in [0, 0.05) is 10.6 Å². The van der Waals surface area contributed by atoms with Gasteiger partial charge in [0.1, 0.15) is 6.54 Å². The molecule has 1 aliphatic rings. The maximum Gasteiger partial charge on any atom is 0.243 e. The monoisotopic (exact) mass is 351 g/mol. The average molecular weight is 352 g/mol. The first-order valence-corrected chi connectivity index (χ1v) is 9.51. The highest BCUT2D eigenvalue weighted by Crippen LogP contribution is 2.15. The number of rotatable bonds is 4. The average Bonchev–Trinajstić information content (AvgIpc) is 2.56. The number of hydrogen-bond donors (Lipinski definition) is 1. The van der Waals surface area contributed by atoms with Crippen LogP contribution >= 0.6 is 11.6 Å². The zero-order valence-electron chi connectivity index (χ0n) is 12.8. The normalized spacial score (nSPS) is 17.3. The summed E-state index contributed by atoms with van der Waals surface area (Å²) in [7, 11) is -3.37. The van der Waals surface area contributed by atoms with Gasteiger partial charge in [-0.3, -0.25) is 0 Å². The quantitative estimate of drug-likeness (QED) is 0.905. The molecule has 0 saturated carbocycles. The molecular formula is C17H20ClN2O2S+. The Balaban J connectivity index is 1.62.